The second kappa shape index (κ2) is 6.50. The van der Waals surface area contributed by atoms with Crippen molar-refractivity contribution in [1.29, 1.82) is 0 Å². The number of hydrogen-bond donors (Lipinski definition) is 2. The lowest BCUT2D eigenvalue weighted by molar-refractivity contribution is -0.0448. The van der Waals surface area contributed by atoms with Crippen molar-refractivity contribution in [3.8, 4) is 0 Å². The molecular formula is C14H28N2O4S. The van der Waals surface area contributed by atoms with Crippen molar-refractivity contribution in [2.24, 2.45) is 5.92 Å². The zero-order valence-electron chi connectivity index (χ0n) is 13.2. The molecule has 6 nitrogen and oxygen atoms in total. The molecule has 1 saturated heterocycles. The van der Waals surface area contributed by atoms with Crippen molar-refractivity contribution < 1.29 is 18.3 Å². The predicted molar refractivity (Wildman–Crippen MR) is 81.1 cm³/mol. The lowest BCUT2D eigenvalue weighted by atomic mass is 9.78. The van der Waals surface area contributed by atoms with Crippen molar-refractivity contribution >= 4 is 10.2 Å². The Morgan fingerprint density at radius 1 is 1.29 bits per heavy atom. The molecule has 2 N–H and O–H groups in total. The Bertz CT molecular complexity index is 446. The molecule has 0 spiro atoms. The second-order valence-electron chi connectivity index (χ2n) is 6.82. The minimum atomic E-state index is -3.60. The summed E-state index contributed by atoms with van der Waals surface area (Å²) < 4.78 is 35.2. The van der Waals surface area contributed by atoms with Gasteiger partial charge in [0, 0.05) is 13.1 Å². The van der Waals surface area contributed by atoms with Crippen LogP contribution in [0.5, 0.6) is 0 Å². The Morgan fingerprint density at radius 3 is 2.43 bits per heavy atom. The van der Waals surface area contributed by atoms with Gasteiger partial charge in [-0.2, -0.15) is 17.4 Å². The summed E-state index contributed by atoms with van der Waals surface area (Å²) in [6.45, 7) is 6.43. The van der Waals surface area contributed by atoms with E-state index in [-0.39, 0.29) is 18.8 Å². The third-order valence-electron chi connectivity index (χ3n) is 4.47. The number of rotatable bonds is 4. The van der Waals surface area contributed by atoms with Gasteiger partial charge in [-0.25, -0.2) is 0 Å². The molecule has 21 heavy (non-hydrogen) atoms. The first-order chi connectivity index (χ1) is 9.76. The fourth-order valence-corrected chi connectivity index (χ4v) is 5.33. The van der Waals surface area contributed by atoms with E-state index < -0.39 is 15.7 Å². The highest BCUT2D eigenvalue weighted by molar-refractivity contribution is 7.87. The van der Waals surface area contributed by atoms with Crippen molar-refractivity contribution in [3.05, 3.63) is 0 Å². The molecule has 0 aromatic carbocycles. The van der Waals surface area contributed by atoms with Gasteiger partial charge in [0.1, 0.15) is 0 Å². The molecule has 4 atom stereocenters. The highest BCUT2D eigenvalue weighted by Gasteiger charge is 2.41. The average Bonchev–Trinajstić information content (AvgIpc) is 2.37. The molecule has 0 aromatic heterocycles. The number of morpholine rings is 1. The van der Waals surface area contributed by atoms with Crippen LogP contribution < -0.4 is 4.72 Å². The first kappa shape index (κ1) is 17.1. The van der Waals surface area contributed by atoms with E-state index in [1.807, 2.05) is 13.8 Å². The molecule has 0 amide bonds. The Balaban J connectivity index is 2.11. The van der Waals surface area contributed by atoms with Crippen molar-refractivity contribution in [1.82, 2.24) is 9.03 Å². The summed E-state index contributed by atoms with van der Waals surface area (Å²) in [5, 5.41) is 9.75. The van der Waals surface area contributed by atoms with E-state index in [2.05, 4.69) is 11.6 Å². The molecule has 1 aliphatic carbocycles. The van der Waals surface area contributed by atoms with Crippen LogP contribution in [0.3, 0.4) is 0 Å². The maximum atomic E-state index is 12.7. The van der Waals surface area contributed by atoms with Crippen LogP contribution in [0.15, 0.2) is 0 Å². The van der Waals surface area contributed by atoms with E-state index in [1.165, 1.54) is 4.31 Å². The maximum absolute atomic E-state index is 12.7. The molecule has 0 aromatic rings. The van der Waals surface area contributed by atoms with E-state index >= 15 is 0 Å². The van der Waals surface area contributed by atoms with E-state index in [4.69, 9.17) is 4.74 Å². The molecule has 4 unspecified atom stereocenters. The summed E-state index contributed by atoms with van der Waals surface area (Å²) in [6.07, 6.45) is 3.21. The minimum absolute atomic E-state index is 0.110. The maximum Gasteiger partial charge on any atom is 0.280 e. The van der Waals surface area contributed by atoms with Crippen LogP contribution in [-0.2, 0) is 14.9 Å². The van der Waals surface area contributed by atoms with E-state index in [0.29, 0.717) is 31.8 Å². The third kappa shape index (κ3) is 4.16. The number of aliphatic hydroxyl groups is 1. The fraction of sp³-hybridized carbons (Fsp3) is 1.00. The molecular weight excluding hydrogens is 292 g/mol. The quantitative estimate of drug-likeness (QED) is 0.806. The minimum Gasteiger partial charge on any atom is -0.394 e. The lowest BCUT2D eigenvalue weighted by Crippen LogP contribution is -2.60. The number of nitrogens with one attached hydrogen (secondary N) is 1. The molecule has 2 aliphatic rings. The number of hydrogen-bond acceptors (Lipinski definition) is 4. The molecule has 1 saturated carbocycles. The van der Waals surface area contributed by atoms with Gasteiger partial charge in [0.05, 0.1) is 24.4 Å². The summed E-state index contributed by atoms with van der Waals surface area (Å²) in [5.41, 5.74) is -0.707. The Labute approximate surface area is 128 Å². The molecule has 7 heteroatoms. The van der Waals surface area contributed by atoms with Gasteiger partial charge in [0.2, 0.25) is 0 Å². The summed E-state index contributed by atoms with van der Waals surface area (Å²) >= 11 is 0. The van der Waals surface area contributed by atoms with Gasteiger partial charge in [-0.05, 0) is 32.6 Å². The SMILES string of the molecule is CC1CCCC(CO)(NS(=O)(=O)N2CC(C)OC(C)C2)C1. The van der Waals surface area contributed by atoms with E-state index in [9.17, 15) is 13.5 Å². The Morgan fingerprint density at radius 2 is 1.90 bits per heavy atom. The monoisotopic (exact) mass is 320 g/mol. The van der Waals surface area contributed by atoms with Crippen LogP contribution in [-0.4, -0.2) is 55.3 Å². The zero-order valence-corrected chi connectivity index (χ0v) is 14.0. The molecule has 0 bridgehead atoms. The number of nitrogens with zero attached hydrogens (tertiary/aromatic N) is 1. The van der Waals surface area contributed by atoms with Crippen LogP contribution >= 0.6 is 0 Å². The number of aliphatic hydroxyl groups excluding tert-OH is 1. The smallest absolute Gasteiger partial charge is 0.280 e. The van der Waals surface area contributed by atoms with Gasteiger partial charge in [-0.3, -0.25) is 0 Å². The van der Waals surface area contributed by atoms with Crippen LogP contribution in [0, 0.1) is 5.92 Å². The molecule has 2 rings (SSSR count). The summed E-state index contributed by atoms with van der Waals surface area (Å²) in [4.78, 5) is 0. The van der Waals surface area contributed by atoms with Crippen LogP contribution in [0.25, 0.3) is 0 Å². The standard InChI is InChI=1S/C14H28N2O4S/c1-11-5-4-6-14(7-11,10-17)15-21(18,19)16-8-12(2)20-13(3)9-16/h11-13,15,17H,4-10H2,1-3H3. The lowest BCUT2D eigenvalue weighted by Gasteiger charge is -2.42. The zero-order chi connectivity index (χ0) is 15.7. The fourth-order valence-electron chi connectivity index (χ4n) is 3.59. The second-order valence-corrected chi connectivity index (χ2v) is 8.49. The third-order valence-corrected chi connectivity index (χ3v) is 6.13. The number of ether oxygens (including phenoxy) is 1. The van der Waals surface area contributed by atoms with Crippen LogP contribution in [0.1, 0.15) is 46.5 Å². The molecule has 1 aliphatic heterocycles. The van der Waals surface area contributed by atoms with Crippen molar-refractivity contribution in [2.75, 3.05) is 19.7 Å². The summed E-state index contributed by atoms with van der Waals surface area (Å²) in [6, 6.07) is 0. The predicted octanol–water partition coefficient (Wildman–Crippen LogP) is 0.871. The van der Waals surface area contributed by atoms with Crippen molar-refractivity contribution in [2.45, 2.75) is 64.2 Å². The first-order valence-electron chi connectivity index (χ1n) is 7.82. The van der Waals surface area contributed by atoms with Crippen molar-refractivity contribution in [3.63, 3.8) is 0 Å². The average molecular weight is 320 g/mol. The van der Waals surface area contributed by atoms with Gasteiger partial charge in [-0.1, -0.05) is 19.8 Å². The highest BCUT2D eigenvalue weighted by atomic mass is 32.2. The van der Waals surface area contributed by atoms with Gasteiger partial charge in [-0.15, -0.1) is 0 Å². The van der Waals surface area contributed by atoms with E-state index in [0.717, 1.165) is 12.8 Å². The molecule has 2 fully saturated rings. The largest absolute Gasteiger partial charge is 0.394 e. The van der Waals surface area contributed by atoms with Crippen LogP contribution in [0.4, 0.5) is 0 Å². The highest BCUT2D eigenvalue weighted by Crippen LogP contribution is 2.33. The Hall–Kier alpha value is -0.210. The van der Waals surface area contributed by atoms with E-state index in [1.54, 1.807) is 0 Å². The van der Waals surface area contributed by atoms with Gasteiger partial charge in [0.15, 0.2) is 0 Å². The van der Waals surface area contributed by atoms with Gasteiger partial charge in [0.25, 0.3) is 10.2 Å². The first-order valence-corrected chi connectivity index (χ1v) is 9.26. The Kier molecular flexibility index (Phi) is 5.31. The van der Waals surface area contributed by atoms with Gasteiger partial charge >= 0.3 is 0 Å². The summed E-state index contributed by atoms with van der Waals surface area (Å²) in [5.74, 6) is 0.427. The summed E-state index contributed by atoms with van der Waals surface area (Å²) in [7, 11) is -3.60. The molecule has 124 valence electrons. The molecule has 0 radical (unpaired) electrons. The normalized spacial score (nSPS) is 39.3. The molecule has 1 heterocycles. The van der Waals surface area contributed by atoms with Crippen LogP contribution in [0.2, 0.25) is 0 Å². The van der Waals surface area contributed by atoms with Gasteiger partial charge < -0.3 is 9.84 Å². The topological polar surface area (TPSA) is 78.9 Å².